The molecule has 2 heterocycles. The van der Waals surface area contributed by atoms with Gasteiger partial charge in [-0.2, -0.15) is 18.7 Å². The first kappa shape index (κ1) is 27.1. The molecule has 2 aromatic carbocycles. The fraction of sp³-hybridized carbons (Fsp3) is 0.481. The van der Waals surface area contributed by atoms with Gasteiger partial charge in [-0.05, 0) is 69.0 Å². The topological polar surface area (TPSA) is 111 Å². The molecule has 0 radical (unpaired) electrons. The second-order valence-corrected chi connectivity index (χ2v) is 11.1. The number of halogens is 3. The van der Waals surface area contributed by atoms with Crippen LogP contribution in [0.3, 0.4) is 0 Å². The van der Waals surface area contributed by atoms with E-state index in [1.807, 2.05) is 51.1 Å². The van der Waals surface area contributed by atoms with Crippen molar-refractivity contribution >= 4 is 5.97 Å². The van der Waals surface area contributed by atoms with Gasteiger partial charge in [0.1, 0.15) is 11.4 Å². The highest BCUT2D eigenvalue weighted by atomic mass is 19.4. The molecule has 12 heteroatoms. The Kier molecular flexibility index (Phi) is 6.88. The lowest BCUT2D eigenvalue weighted by atomic mass is 9.64. The van der Waals surface area contributed by atoms with Gasteiger partial charge in [0.2, 0.25) is 0 Å². The number of esters is 1. The van der Waals surface area contributed by atoms with Gasteiger partial charge in [0.15, 0.2) is 0 Å². The van der Waals surface area contributed by atoms with Crippen LogP contribution in [0, 0.1) is 5.92 Å². The van der Waals surface area contributed by atoms with Gasteiger partial charge in [-0.1, -0.05) is 30.3 Å². The van der Waals surface area contributed by atoms with Crippen molar-refractivity contribution in [3.63, 3.8) is 0 Å². The SMILES string of the molecule is CC(C)(C)OC(=O)C1CCC[C@@]2(C[C@@H](c3cc(-n4nnc(C(F)(F)F)n4)ccc3O)NO2)[C@@H]1c1ccccc1. The molecule has 4 atom stereocenters. The van der Waals surface area contributed by atoms with Crippen molar-refractivity contribution in [2.75, 3.05) is 0 Å². The third-order valence-electron chi connectivity index (χ3n) is 7.19. The van der Waals surface area contributed by atoms with Crippen LogP contribution in [-0.2, 0) is 20.5 Å². The average Bonchev–Trinajstić information content (AvgIpc) is 3.52. The molecule has 0 amide bonds. The fourth-order valence-corrected chi connectivity index (χ4v) is 5.65. The zero-order valence-corrected chi connectivity index (χ0v) is 21.8. The van der Waals surface area contributed by atoms with Gasteiger partial charge in [0, 0.05) is 17.9 Å². The highest BCUT2D eigenvalue weighted by Gasteiger charge is 2.55. The van der Waals surface area contributed by atoms with Gasteiger partial charge >= 0.3 is 12.1 Å². The zero-order valence-electron chi connectivity index (χ0n) is 21.8. The number of rotatable bonds is 4. The van der Waals surface area contributed by atoms with Crippen molar-refractivity contribution in [3.05, 3.63) is 65.5 Å². The summed E-state index contributed by atoms with van der Waals surface area (Å²) in [7, 11) is 0. The summed E-state index contributed by atoms with van der Waals surface area (Å²) in [5, 5.41) is 20.7. The van der Waals surface area contributed by atoms with E-state index in [0.717, 1.165) is 16.8 Å². The molecule has 9 nitrogen and oxygen atoms in total. The van der Waals surface area contributed by atoms with Crippen molar-refractivity contribution in [1.29, 1.82) is 0 Å². The number of ether oxygens (including phenoxy) is 1. The standard InChI is InChI=1S/C27H30F3N5O4/c1-25(2,3)38-23(37)18-10-7-13-26(22(18)16-8-5-4-6-9-16)15-20(33-39-26)19-14-17(11-12-21(19)36)35-32-24(31-34-35)27(28,29)30/h4-6,8-9,11-12,14,18,20,22,33,36H,7,10,13,15H2,1-3H3/t18?,20-,22+,26+/m0/s1. The molecule has 5 rings (SSSR count). The van der Waals surface area contributed by atoms with E-state index in [1.54, 1.807) is 0 Å². The molecule has 1 aliphatic heterocycles. The van der Waals surface area contributed by atoms with E-state index >= 15 is 0 Å². The maximum atomic E-state index is 13.4. The van der Waals surface area contributed by atoms with Crippen LogP contribution in [0.5, 0.6) is 5.75 Å². The summed E-state index contributed by atoms with van der Waals surface area (Å²) < 4.78 is 44.8. The lowest BCUT2D eigenvalue weighted by Gasteiger charge is -2.44. The maximum Gasteiger partial charge on any atom is 0.455 e. The molecule has 1 aliphatic carbocycles. The Balaban J connectivity index is 1.47. The molecule has 1 aromatic heterocycles. The number of hydroxylamine groups is 1. The molecule has 3 aromatic rings. The predicted octanol–water partition coefficient (Wildman–Crippen LogP) is 5.02. The normalized spacial score (nSPS) is 25.6. The first-order chi connectivity index (χ1) is 18.4. The summed E-state index contributed by atoms with van der Waals surface area (Å²) in [6, 6.07) is 13.4. The van der Waals surface area contributed by atoms with E-state index in [0.29, 0.717) is 24.8 Å². The third kappa shape index (κ3) is 5.48. The Bertz CT molecular complexity index is 1340. The quantitative estimate of drug-likeness (QED) is 0.440. The summed E-state index contributed by atoms with van der Waals surface area (Å²) in [6.07, 6.45) is -2.29. The number of hydrogen-bond acceptors (Lipinski definition) is 8. The van der Waals surface area contributed by atoms with Crippen LogP contribution in [0.25, 0.3) is 5.69 Å². The van der Waals surface area contributed by atoms with Gasteiger partial charge < -0.3 is 9.84 Å². The van der Waals surface area contributed by atoms with E-state index in [2.05, 4.69) is 20.9 Å². The molecule has 2 aliphatic rings. The highest BCUT2D eigenvalue weighted by molar-refractivity contribution is 5.75. The van der Waals surface area contributed by atoms with E-state index in [1.165, 1.54) is 18.2 Å². The number of nitrogens with one attached hydrogen (secondary N) is 1. The molecule has 2 fully saturated rings. The van der Waals surface area contributed by atoms with Crippen LogP contribution in [0.2, 0.25) is 0 Å². The van der Waals surface area contributed by atoms with Crippen LogP contribution in [0.1, 0.15) is 75.4 Å². The van der Waals surface area contributed by atoms with E-state index in [9.17, 15) is 23.1 Å². The first-order valence-corrected chi connectivity index (χ1v) is 12.8. The molecule has 208 valence electrons. The van der Waals surface area contributed by atoms with Crippen LogP contribution in [0.15, 0.2) is 48.5 Å². The smallest absolute Gasteiger partial charge is 0.455 e. The summed E-state index contributed by atoms with van der Waals surface area (Å²) >= 11 is 0. The summed E-state index contributed by atoms with van der Waals surface area (Å²) in [6.45, 7) is 5.51. The maximum absolute atomic E-state index is 13.4. The number of hydrogen-bond donors (Lipinski definition) is 2. The van der Waals surface area contributed by atoms with E-state index < -0.39 is 35.2 Å². The highest BCUT2D eigenvalue weighted by Crippen LogP contribution is 2.54. The number of benzene rings is 2. The number of alkyl halides is 3. The zero-order chi connectivity index (χ0) is 28.0. The molecule has 39 heavy (non-hydrogen) atoms. The van der Waals surface area contributed by atoms with E-state index in [-0.39, 0.29) is 23.3 Å². The van der Waals surface area contributed by atoms with Gasteiger partial charge in [0.05, 0.1) is 23.2 Å². The Morgan fingerprint density at radius 2 is 1.92 bits per heavy atom. The Labute approximate surface area is 223 Å². The second kappa shape index (κ2) is 9.91. The second-order valence-electron chi connectivity index (χ2n) is 11.1. The molecule has 1 saturated carbocycles. The largest absolute Gasteiger partial charge is 0.508 e. The third-order valence-corrected chi connectivity index (χ3v) is 7.19. The minimum absolute atomic E-state index is 0.0659. The number of nitrogens with zero attached hydrogens (tertiary/aromatic N) is 4. The number of phenolic OH excluding ortho intramolecular Hbond substituents is 1. The Hall–Kier alpha value is -3.51. The molecule has 0 bridgehead atoms. The van der Waals surface area contributed by atoms with Crippen LogP contribution in [0.4, 0.5) is 13.2 Å². The monoisotopic (exact) mass is 545 g/mol. The molecule has 1 saturated heterocycles. The fourth-order valence-electron chi connectivity index (χ4n) is 5.65. The summed E-state index contributed by atoms with van der Waals surface area (Å²) in [5.41, 5.74) is 3.14. The number of aromatic nitrogens is 4. The average molecular weight is 546 g/mol. The molecular weight excluding hydrogens is 515 g/mol. The minimum Gasteiger partial charge on any atom is -0.508 e. The van der Waals surface area contributed by atoms with Crippen molar-refractivity contribution in [3.8, 4) is 11.4 Å². The van der Waals surface area contributed by atoms with Crippen molar-refractivity contribution in [2.24, 2.45) is 5.92 Å². The summed E-state index contributed by atoms with van der Waals surface area (Å²) in [4.78, 5) is 20.5. The molecular formula is C27H30F3N5O4. The van der Waals surface area contributed by atoms with Gasteiger partial charge in [0.25, 0.3) is 5.82 Å². The Morgan fingerprint density at radius 3 is 2.59 bits per heavy atom. The van der Waals surface area contributed by atoms with E-state index in [4.69, 9.17) is 9.57 Å². The first-order valence-electron chi connectivity index (χ1n) is 12.8. The van der Waals surface area contributed by atoms with Gasteiger partial charge in [-0.25, -0.2) is 0 Å². The van der Waals surface area contributed by atoms with Crippen LogP contribution in [-0.4, -0.2) is 42.5 Å². The molecule has 2 N–H and O–H groups in total. The number of phenols is 1. The molecule has 1 spiro atoms. The lowest BCUT2D eigenvalue weighted by molar-refractivity contribution is -0.170. The number of tetrazole rings is 1. The van der Waals surface area contributed by atoms with Crippen molar-refractivity contribution < 1.29 is 32.6 Å². The number of aromatic hydroxyl groups is 1. The van der Waals surface area contributed by atoms with Gasteiger partial charge in [-0.3, -0.25) is 9.63 Å². The molecule has 1 unspecified atom stereocenters. The predicted molar refractivity (Wildman–Crippen MR) is 132 cm³/mol. The van der Waals surface area contributed by atoms with Crippen LogP contribution >= 0.6 is 0 Å². The van der Waals surface area contributed by atoms with Crippen LogP contribution < -0.4 is 5.48 Å². The van der Waals surface area contributed by atoms with Crippen molar-refractivity contribution in [1.82, 2.24) is 25.7 Å². The Morgan fingerprint density at radius 1 is 1.18 bits per heavy atom. The summed E-state index contributed by atoms with van der Waals surface area (Å²) in [5.74, 6) is -2.48. The number of carbonyl (C=O) groups is 1. The number of carbonyl (C=O) groups excluding carboxylic acids is 1. The van der Waals surface area contributed by atoms with Gasteiger partial charge in [-0.15, -0.1) is 15.0 Å². The minimum atomic E-state index is -4.73. The van der Waals surface area contributed by atoms with Crippen molar-refractivity contribution in [2.45, 2.75) is 75.8 Å². The lowest BCUT2D eigenvalue weighted by Crippen LogP contribution is -2.47.